The number of aryl methyl sites for hydroxylation is 2. The van der Waals surface area contributed by atoms with Crippen LogP contribution < -0.4 is 10.9 Å². The predicted octanol–water partition coefficient (Wildman–Crippen LogP) is 3.41. The van der Waals surface area contributed by atoms with Crippen molar-refractivity contribution in [3.05, 3.63) is 68.7 Å². The first kappa shape index (κ1) is 21.1. The van der Waals surface area contributed by atoms with Gasteiger partial charge in [-0.05, 0) is 31.2 Å². The number of anilines is 1. The molecule has 2 N–H and O–H groups in total. The fourth-order valence-electron chi connectivity index (χ4n) is 4.21. The normalized spacial score (nSPS) is 13.5. The van der Waals surface area contributed by atoms with Crippen molar-refractivity contribution in [1.82, 2.24) is 24.3 Å². The van der Waals surface area contributed by atoms with Crippen molar-refractivity contribution in [3.63, 3.8) is 0 Å². The fourth-order valence-corrected chi connectivity index (χ4v) is 4.36. The second-order valence-electron chi connectivity index (χ2n) is 7.90. The van der Waals surface area contributed by atoms with Gasteiger partial charge in [-0.1, -0.05) is 11.6 Å². The number of hydrogen-bond acceptors (Lipinski definition) is 6. The van der Waals surface area contributed by atoms with Crippen molar-refractivity contribution in [2.45, 2.75) is 25.9 Å². The van der Waals surface area contributed by atoms with Gasteiger partial charge in [-0.15, -0.1) is 0 Å². The number of fused-ring (bicyclic) bond motifs is 4. The molecule has 0 saturated heterocycles. The van der Waals surface area contributed by atoms with E-state index in [1.165, 1.54) is 24.3 Å². The van der Waals surface area contributed by atoms with Gasteiger partial charge in [-0.3, -0.25) is 14.0 Å². The monoisotopic (exact) mass is 468 g/mol. The van der Waals surface area contributed by atoms with E-state index in [0.717, 1.165) is 11.3 Å². The largest absolute Gasteiger partial charge is 0.476 e. The summed E-state index contributed by atoms with van der Waals surface area (Å²) >= 11 is 5.84. The lowest BCUT2D eigenvalue weighted by atomic mass is 10.0. The van der Waals surface area contributed by atoms with E-state index in [-0.39, 0.29) is 27.5 Å². The molecular weight excluding hydrogens is 451 g/mol. The summed E-state index contributed by atoms with van der Waals surface area (Å²) in [5.41, 5.74) is 1.96. The van der Waals surface area contributed by atoms with E-state index < -0.39 is 17.8 Å². The number of hydrogen-bond donors (Lipinski definition) is 2. The molecule has 1 atom stereocenters. The first-order valence-corrected chi connectivity index (χ1v) is 10.5. The van der Waals surface area contributed by atoms with E-state index in [1.807, 2.05) is 6.20 Å². The highest BCUT2D eigenvalue weighted by molar-refractivity contribution is 6.29. The Labute approximate surface area is 191 Å². The maximum absolute atomic E-state index is 14.6. The average Bonchev–Trinajstić information content (AvgIpc) is 3.15. The van der Waals surface area contributed by atoms with Gasteiger partial charge in [0.1, 0.15) is 16.8 Å². The van der Waals surface area contributed by atoms with E-state index in [1.54, 1.807) is 23.2 Å². The molecule has 0 aliphatic carbocycles. The van der Waals surface area contributed by atoms with Gasteiger partial charge in [0.05, 0.1) is 33.9 Å². The molecule has 0 fully saturated rings. The zero-order valence-corrected chi connectivity index (χ0v) is 18.4. The van der Waals surface area contributed by atoms with Gasteiger partial charge in [0.2, 0.25) is 0 Å². The van der Waals surface area contributed by atoms with Crippen molar-refractivity contribution in [2.75, 3.05) is 5.32 Å². The number of carboxylic acids is 1. The molecule has 11 heteroatoms. The van der Waals surface area contributed by atoms with Crippen LogP contribution in [0.2, 0.25) is 5.15 Å². The lowest BCUT2D eigenvalue weighted by molar-refractivity contribution is 0.0691. The van der Waals surface area contributed by atoms with E-state index in [4.69, 9.17) is 16.6 Å². The lowest BCUT2D eigenvalue weighted by Gasteiger charge is -2.21. The van der Waals surface area contributed by atoms with Gasteiger partial charge in [-0.25, -0.2) is 19.2 Å². The van der Waals surface area contributed by atoms with Gasteiger partial charge in [0.25, 0.3) is 5.56 Å². The highest BCUT2D eigenvalue weighted by atomic mass is 35.5. The quantitative estimate of drug-likeness (QED) is 0.441. The number of pyridine rings is 1. The Bertz CT molecular complexity index is 1510. The van der Waals surface area contributed by atoms with Crippen LogP contribution in [0.3, 0.4) is 0 Å². The molecule has 5 rings (SSSR count). The van der Waals surface area contributed by atoms with Crippen LogP contribution >= 0.6 is 11.6 Å². The minimum Gasteiger partial charge on any atom is -0.476 e. The molecule has 1 aromatic carbocycles. The third-order valence-corrected chi connectivity index (χ3v) is 5.88. The molecular formula is C22H18ClFN6O3. The zero-order chi connectivity index (χ0) is 23.4. The third kappa shape index (κ3) is 3.52. The van der Waals surface area contributed by atoms with Crippen LogP contribution in [-0.2, 0) is 20.0 Å². The molecule has 0 spiro atoms. The Morgan fingerprint density at radius 2 is 2.09 bits per heavy atom. The molecule has 9 nitrogen and oxygen atoms in total. The Hall–Kier alpha value is -3.79. The summed E-state index contributed by atoms with van der Waals surface area (Å²) < 4.78 is 17.8. The summed E-state index contributed by atoms with van der Waals surface area (Å²) in [4.78, 5) is 33.5. The fraction of sp³-hybridized carbons (Fsp3) is 0.227. The second-order valence-corrected chi connectivity index (χ2v) is 8.29. The van der Waals surface area contributed by atoms with E-state index in [2.05, 4.69) is 15.4 Å². The van der Waals surface area contributed by atoms with Crippen molar-refractivity contribution in [3.8, 4) is 11.4 Å². The first-order valence-electron chi connectivity index (χ1n) is 10.2. The molecule has 168 valence electrons. The van der Waals surface area contributed by atoms with Crippen LogP contribution in [0.15, 0.2) is 35.3 Å². The summed E-state index contributed by atoms with van der Waals surface area (Å²) in [6.07, 6.45) is 2.39. The Morgan fingerprint density at radius 3 is 2.85 bits per heavy atom. The Balaban J connectivity index is 1.67. The van der Waals surface area contributed by atoms with E-state index in [0.29, 0.717) is 29.9 Å². The minimum absolute atomic E-state index is 0.0374. The van der Waals surface area contributed by atoms with E-state index >= 15 is 0 Å². The molecule has 0 radical (unpaired) electrons. The van der Waals surface area contributed by atoms with Crippen molar-refractivity contribution in [1.29, 1.82) is 0 Å². The van der Waals surface area contributed by atoms with Crippen LogP contribution in [0.4, 0.5) is 10.1 Å². The molecule has 4 aromatic rings. The molecule has 33 heavy (non-hydrogen) atoms. The second kappa shape index (κ2) is 7.66. The standard InChI is InChI=1S/C22H18ClFN6O3/c1-10(25-16-3-4-17(23)26-19(16)22(32)33)12-7-11(24)8-13-18(12)27-20-14-9-29(2)28-15(14)5-6-30(20)21(13)31/h3-4,7-10,25H,5-6H2,1-2H3,(H,32,33)/t10-/m1/s1. The zero-order valence-electron chi connectivity index (χ0n) is 17.6. The van der Waals surface area contributed by atoms with Crippen molar-refractivity contribution >= 4 is 34.2 Å². The number of nitrogens with zero attached hydrogens (tertiary/aromatic N) is 5. The lowest BCUT2D eigenvalue weighted by Crippen LogP contribution is -2.28. The Kier molecular flexibility index (Phi) is 4.89. The summed E-state index contributed by atoms with van der Waals surface area (Å²) in [6, 6.07) is 4.82. The maximum Gasteiger partial charge on any atom is 0.356 e. The van der Waals surface area contributed by atoms with Crippen LogP contribution in [0.25, 0.3) is 22.3 Å². The SMILES string of the molecule is C[C@@H](Nc1ccc(Cl)nc1C(=O)O)c1cc(F)cc2c(=O)n3c(nc12)-c1cn(C)nc1CC3. The van der Waals surface area contributed by atoms with Crippen LogP contribution in [0.5, 0.6) is 0 Å². The molecule has 4 heterocycles. The number of aromatic carboxylic acids is 1. The van der Waals surface area contributed by atoms with Gasteiger partial charge in [0, 0.05) is 31.8 Å². The number of carboxylic acid groups (broad SMARTS) is 1. The van der Waals surface area contributed by atoms with Crippen molar-refractivity contribution < 1.29 is 14.3 Å². The highest BCUT2D eigenvalue weighted by Crippen LogP contribution is 2.31. The van der Waals surface area contributed by atoms with E-state index in [9.17, 15) is 19.1 Å². The summed E-state index contributed by atoms with van der Waals surface area (Å²) in [7, 11) is 1.80. The maximum atomic E-state index is 14.6. The van der Waals surface area contributed by atoms with Gasteiger partial charge in [-0.2, -0.15) is 5.10 Å². The minimum atomic E-state index is -1.26. The van der Waals surface area contributed by atoms with Crippen LogP contribution in [0.1, 0.15) is 34.7 Å². The number of nitrogens with one attached hydrogen (secondary N) is 1. The average molecular weight is 469 g/mol. The van der Waals surface area contributed by atoms with Gasteiger partial charge < -0.3 is 10.4 Å². The predicted molar refractivity (Wildman–Crippen MR) is 120 cm³/mol. The number of aromatic nitrogens is 5. The molecule has 3 aromatic heterocycles. The summed E-state index contributed by atoms with van der Waals surface area (Å²) in [6.45, 7) is 2.13. The molecule has 0 amide bonds. The summed E-state index contributed by atoms with van der Waals surface area (Å²) in [5.74, 6) is -1.37. The first-order chi connectivity index (χ1) is 15.7. The smallest absolute Gasteiger partial charge is 0.356 e. The van der Waals surface area contributed by atoms with Gasteiger partial charge in [0.15, 0.2) is 5.69 Å². The molecule has 0 bridgehead atoms. The molecule has 0 saturated carbocycles. The van der Waals surface area contributed by atoms with Gasteiger partial charge >= 0.3 is 5.97 Å². The molecule has 0 unspecified atom stereocenters. The highest BCUT2D eigenvalue weighted by Gasteiger charge is 2.25. The number of benzene rings is 1. The number of carbonyl (C=O) groups is 1. The van der Waals surface area contributed by atoms with Crippen LogP contribution in [-0.4, -0.2) is 35.4 Å². The number of rotatable bonds is 4. The molecule has 1 aliphatic rings. The Morgan fingerprint density at radius 1 is 1.30 bits per heavy atom. The van der Waals surface area contributed by atoms with Crippen molar-refractivity contribution in [2.24, 2.45) is 7.05 Å². The summed E-state index contributed by atoms with van der Waals surface area (Å²) in [5, 5.41) is 17.1. The number of halogens is 2. The topological polar surface area (TPSA) is 115 Å². The molecule has 1 aliphatic heterocycles. The third-order valence-electron chi connectivity index (χ3n) is 5.67. The van der Waals surface area contributed by atoms with Crippen LogP contribution in [0, 0.1) is 5.82 Å².